The maximum atomic E-state index is 13.4. The minimum atomic E-state index is -0.437. The summed E-state index contributed by atoms with van der Waals surface area (Å²) in [5.74, 6) is -0.219. The van der Waals surface area contributed by atoms with E-state index in [4.69, 9.17) is 11.6 Å². The Hall–Kier alpha value is -3.26. The fraction of sp³-hybridized carbons (Fsp3) is 0.360. The van der Waals surface area contributed by atoms with Gasteiger partial charge in [0.05, 0.1) is 18.7 Å². The van der Waals surface area contributed by atoms with Crippen LogP contribution < -0.4 is 5.32 Å². The third kappa shape index (κ3) is 4.97. The number of hydrogen-bond donors (Lipinski definition) is 1. The van der Waals surface area contributed by atoms with Crippen molar-refractivity contribution in [3.63, 3.8) is 0 Å². The van der Waals surface area contributed by atoms with Gasteiger partial charge in [0.15, 0.2) is 5.69 Å². The second-order valence-corrected chi connectivity index (χ2v) is 9.29. The molecule has 0 spiro atoms. The van der Waals surface area contributed by atoms with Gasteiger partial charge < -0.3 is 10.2 Å². The second kappa shape index (κ2) is 9.54. The summed E-state index contributed by atoms with van der Waals surface area (Å²) in [6.07, 6.45) is 4.75. The number of carbonyl (C=O) groups is 2. The predicted octanol–water partition coefficient (Wildman–Crippen LogP) is 3.54. The number of fused-ring (bicyclic) bond motifs is 1. The van der Waals surface area contributed by atoms with Crippen molar-refractivity contribution in [2.24, 2.45) is 5.92 Å². The number of aromatic nitrogens is 3. The summed E-state index contributed by atoms with van der Waals surface area (Å²) in [7, 11) is 0. The summed E-state index contributed by atoms with van der Waals surface area (Å²) in [4.78, 5) is 32.1. The minimum Gasteiger partial charge on any atom is -0.345 e. The zero-order chi connectivity index (χ0) is 23.7. The highest BCUT2D eigenvalue weighted by atomic mass is 35.5. The third-order valence-corrected chi connectivity index (χ3v) is 6.69. The summed E-state index contributed by atoms with van der Waals surface area (Å²) in [6, 6.07) is 9.60. The van der Waals surface area contributed by atoms with Gasteiger partial charge in [-0.15, -0.1) is 0 Å². The number of pyridine rings is 1. The number of nitrogens with zero attached hydrogens (tertiary/aromatic N) is 4. The molecule has 0 unspecified atom stereocenters. The van der Waals surface area contributed by atoms with Gasteiger partial charge in [-0.25, -0.2) is 4.39 Å². The van der Waals surface area contributed by atoms with Gasteiger partial charge in [-0.1, -0.05) is 23.7 Å². The first kappa shape index (κ1) is 22.5. The molecule has 9 heteroatoms. The van der Waals surface area contributed by atoms with Crippen LogP contribution in [0.5, 0.6) is 0 Å². The van der Waals surface area contributed by atoms with Gasteiger partial charge in [0.2, 0.25) is 5.91 Å². The summed E-state index contributed by atoms with van der Waals surface area (Å²) in [5.41, 5.74) is 3.53. The Bertz CT molecular complexity index is 1230. The number of nitrogens with one attached hydrogen (secondary N) is 1. The molecule has 1 aromatic carbocycles. The van der Waals surface area contributed by atoms with Crippen LogP contribution in [0.4, 0.5) is 4.39 Å². The number of hydrogen-bond acceptors (Lipinski definition) is 4. The Balaban J connectivity index is 1.34. The van der Waals surface area contributed by atoms with Gasteiger partial charge in [-0.05, 0) is 48.6 Å². The van der Waals surface area contributed by atoms with Crippen LogP contribution in [0.3, 0.4) is 0 Å². The average molecular weight is 482 g/mol. The molecular weight excluding hydrogens is 457 g/mol. The van der Waals surface area contributed by atoms with E-state index >= 15 is 0 Å². The van der Waals surface area contributed by atoms with Crippen LogP contribution in [-0.2, 0) is 37.3 Å². The molecule has 7 nitrogen and oxygen atoms in total. The minimum absolute atomic E-state index is 0.0753. The largest absolute Gasteiger partial charge is 0.345 e. The second-order valence-electron chi connectivity index (χ2n) is 8.88. The fourth-order valence-corrected chi connectivity index (χ4v) is 4.51. The molecule has 34 heavy (non-hydrogen) atoms. The van der Waals surface area contributed by atoms with Crippen molar-refractivity contribution in [1.82, 2.24) is 25.0 Å². The molecule has 0 atom stereocenters. The van der Waals surface area contributed by atoms with Crippen LogP contribution in [0.1, 0.15) is 45.8 Å². The Kier molecular flexibility index (Phi) is 6.32. The lowest BCUT2D eigenvalue weighted by Gasteiger charge is -2.28. The normalized spacial score (nSPS) is 15.2. The van der Waals surface area contributed by atoms with Gasteiger partial charge in [0, 0.05) is 48.5 Å². The van der Waals surface area contributed by atoms with Gasteiger partial charge in [0.1, 0.15) is 5.82 Å². The smallest absolute Gasteiger partial charge is 0.272 e. The fourth-order valence-electron chi connectivity index (χ4n) is 4.28. The van der Waals surface area contributed by atoms with Crippen molar-refractivity contribution < 1.29 is 14.0 Å². The molecule has 1 N–H and O–H groups in total. The van der Waals surface area contributed by atoms with Crippen molar-refractivity contribution in [2.45, 2.75) is 45.3 Å². The highest BCUT2D eigenvalue weighted by Gasteiger charge is 2.32. The highest BCUT2D eigenvalue weighted by molar-refractivity contribution is 6.31. The van der Waals surface area contributed by atoms with Crippen molar-refractivity contribution >= 4 is 23.4 Å². The Labute approximate surface area is 201 Å². The first-order valence-corrected chi connectivity index (χ1v) is 11.8. The van der Waals surface area contributed by atoms with E-state index in [0.29, 0.717) is 43.2 Å². The lowest BCUT2D eigenvalue weighted by molar-refractivity contribution is -0.131. The monoisotopic (exact) mass is 481 g/mol. The predicted molar refractivity (Wildman–Crippen MR) is 125 cm³/mol. The van der Waals surface area contributed by atoms with Gasteiger partial charge in [-0.3, -0.25) is 19.3 Å². The van der Waals surface area contributed by atoms with Gasteiger partial charge in [0.25, 0.3) is 5.91 Å². The summed E-state index contributed by atoms with van der Waals surface area (Å²) in [6.45, 7) is 1.95. The average Bonchev–Trinajstić information content (AvgIpc) is 3.59. The first-order chi connectivity index (χ1) is 16.5. The van der Waals surface area contributed by atoms with Crippen LogP contribution in [-0.4, -0.2) is 38.0 Å². The molecule has 2 amide bonds. The molecule has 3 heterocycles. The number of rotatable bonds is 7. The van der Waals surface area contributed by atoms with Crippen molar-refractivity contribution in [3.8, 4) is 0 Å². The molecule has 176 valence electrons. The standard InChI is InChI=1S/C25H25ClFN5O2/c26-21-12-18(27)7-6-17(21)11-23(33)31-10-8-22-20(15-31)24(30-32(22)14-16-4-5-16)25(34)29-13-19-3-1-2-9-28-19/h1-3,6-7,9,12,16H,4-5,8,10-11,13-15H2,(H,29,34). The number of carbonyl (C=O) groups excluding carboxylic acids is 2. The Morgan fingerprint density at radius 2 is 2.06 bits per heavy atom. The van der Waals surface area contributed by atoms with Crippen LogP contribution in [0, 0.1) is 11.7 Å². The van der Waals surface area contributed by atoms with E-state index < -0.39 is 5.82 Å². The van der Waals surface area contributed by atoms with Crippen molar-refractivity contribution in [2.75, 3.05) is 6.54 Å². The van der Waals surface area contributed by atoms with E-state index in [1.165, 1.54) is 31.0 Å². The molecule has 2 aromatic heterocycles. The summed E-state index contributed by atoms with van der Waals surface area (Å²) < 4.78 is 15.3. The van der Waals surface area contributed by atoms with Crippen molar-refractivity contribution in [1.29, 1.82) is 0 Å². The molecular formula is C25H25ClFN5O2. The molecule has 2 aliphatic rings. The number of amides is 2. The Morgan fingerprint density at radius 1 is 1.21 bits per heavy atom. The van der Waals surface area contributed by atoms with Gasteiger partial charge in [-0.2, -0.15) is 5.10 Å². The zero-order valence-corrected chi connectivity index (χ0v) is 19.4. The van der Waals surface area contributed by atoms with Crippen LogP contribution in [0.15, 0.2) is 42.6 Å². The highest BCUT2D eigenvalue weighted by Crippen LogP contribution is 2.33. The molecule has 3 aromatic rings. The maximum absolute atomic E-state index is 13.4. The number of halogens is 2. The summed E-state index contributed by atoms with van der Waals surface area (Å²) in [5, 5.41) is 7.81. The topological polar surface area (TPSA) is 80.1 Å². The van der Waals surface area contributed by atoms with E-state index in [-0.39, 0.29) is 23.3 Å². The molecule has 0 saturated heterocycles. The molecule has 1 fully saturated rings. The van der Waals surface area contributed by atoms with Crippen molar-refractivity contribution in [3.05, 3.63) is 81.6 Å². The van der Waals surface area contributed by atoms with Crippen LogP contribution in [0.25, 0.3) is 0 Å². The van der Waals surface area contributed by atoms with Gasteiger partial charge >= 0.3 is 0 Å². The zero-order valence-electron chi connectivity index (χ0n) is 18.6. The third-order valence-electron chi connectivity index (χ3n) is 6.34. The Morgan fingerprint density at radius 3 is 2.79 bits per heavy atom. The van der Waals surface area contributed by atoms with E-state index in [9.17, 15) is 14.0 Å². The molecule has 5 rings (SSSR count). The van der Waals surface area contributed by atoms with Crippen LogP contribution >= 0.6 is 11.6 Å². The SMILES string of the molecule is O=C(NCc1ccccn1)c1nn(CC2CC2)c2c1CN(C(=O)Cc1ccc(F)cc1Cl)CC2. The number of benzene rings is 1. The molecule has 1 aliphatic heterocycles. The molecule has 1 saturated carbocycles. The van der Waals surface area contributed by atoms with E-state index in [1.54, 1.807) is 11.1 Å². The maximum Gasteiger partial charge on any atom is 0.272 e. The quantitative estimate of drug-likeness (QED) is 0.559. The van der Waals surface area contributed by atoms with E-state index in [1.807, 2.05) is 22.9 Å². The first-order valence-electron chi connectivity index (χ1n) is 11.5. The van der Waals surface area contributed by atoms with E-state index in [2.05, 4.69) is 15.4 Å². The summed E-state index contributed by atoms with van der Waals surface area (Å²) >= 11 is 6.12. The lowest BCUT2D eigenvalue weighted by Crippen LogP contribution is -2.38. The molecule has 0 bridgehead atoms. The van der Waals surface area contributed by atoms with Crippen LogP contribution in [0.2, 0.25) is 5.02 Å². The molecule has 1 aliphatic carbocycles. The van der Waals surface area contributed by atoms with E-state index in [0.717, 1.165) is 23.5 Å². The molecule has 0 radical (unpaired) electrons. The lowest BCUT2D eigenvalue weighted by atomic mass is 10.0.